The second-order valence-electron chi connectivity index (χ2n) is 5.67. The van der Waals surface area contributed by atoms with Crippen molar-refractivity contribution in [3.63, 3.8) is 0 Å². The van der Waals surface area contributed by atoms with Gasteiger partial charge in [0.15, 0.2) is 0 Å². The molecule has 7 nitrogen and oxygen atoms in total. The van der Waals surface area contributed by atoms with Gasteiger partial charge in [0.05, 0.1) is 12.6 Å². The lowest BCUT2D eigenvalue weighted by Gasteiger charge is -2.28. The summed E-state index contributed by atoms with van der Waals surface area (Å²) in [6.07, 6.45) is 1.35. The van der Waals surface area contributed by atoms with Gasteiger partial charge in [-0.1, -0.05) is 30.3 Å². The molecule has 3 rings (SSSR count). The summed E-state index contributed by atoms with van der Waals surface area (Å²) < 4.78 is 0. The lowest BCUT2D eigenvalue weighted by Crippen LogP contribution is -2.49. The van der Waals surface area contributed by atoms with Crippen LogP contribution in [0.25, 0.3) is 0 Å². The number of urea groups is 1. The first-order valence-electron chi connectivity index (χ1n) is 7.89. The molecule has 2 atom stereocenters. The predicted molar refractivity (Wildman–Crippen MR) is 81.8 cm³/mol. The third-order valence-corrected chi connectivity index (χ3v) is 4.16. The van der Waals surface area contributed by atoms with Crippen molar-refractivity contribution in [2.75, 3.05) is 13.2 Å². The number of hydrogen-bond acceptors (Lipinski definition) is 4. The van der Waals surface area contributed by atoms with Crippen LogP contribution in [0.1, 0.15) is 25.3 Å². The molecule has 23 heavy (non-hydrogen) atoms. The molecule has 2 fully saturated rings. The molecular formula is C16H21N3O4. The minimum Gasteiger partial charge on any atom is -0.309 e. The number of piperidine rings is 1. The molecule has 2 aliphatic rings. The van der Waals surface area contributed by atoms with E-state index in [2.05, 4.69) is 5.48 Å². The molecule has 7 heteroatoms. The van der Waals surface area contributed by atoms with Crippen LogP contribution in [0.15, 0.2) is 30.3 Å². The third kappa shape index (κ3) is 3.30. The summed E-state index contributed by atoms with van der Waals surface area (Å²) in [5.41, 5.74) is 3.39. The Balaban J connectivity index is 1.61. The molecule has 0 unspecified atom stereocenters. The van der Waals surface area contributed by atoms with Gasteiger partial charge in [0.2, 0.25) is 0 Å². The second-order valence-corrected chi connectivity index (χ2v) is 5.67. The first-order chi connectivity index (χ1) is 11.2. The fraction of sp³-hybridized carbons (Fsp3) is 0.500. The van der Waals surface area contributed by atoms with Gasteiger partial charge in [-0.2, -0.15) is 5.06 Å². The van der Waals surface area contributed by atoms with Crippen LogP contribution in [-0.4, -0.2) is 47.1 Å². The zero-order valence-electron chi connectivity index (χ0n) is 13.1. The molecule has 0 saturated carbocycles. The highest BCUT2D eigenvalue weighted by Gasteiger charge is 2.47. The van der Waals surface area contributed by atoms with Crippen LogP contribution >= 0.6 is 0 Å². The normalized spacial score (nSPS) is 23.3. The summed E-state index contributed by atoms with van der Waals surface area (Å²) in [7, 11) is 0. The van der Waals surface area contributed by atoms with Crippen molar-refractivity contribution in [1.82, 2.24) is 15.4 Å². The molecule has 1 aromatic rings. The van der Waals surface area contributed by atoms with Crippen LogP contribution in [0.3, 0.4) is 0 Å². The monoisotopic (exact) mass is 319 g/mol. The topological polar surface area (TPSA) is 71.1 Å². The van der Waals surface area contributed by atoms with E-state index >= 15 is 0 Å². The molecule has 3 amide bonds. The van der Waals surface area contributed by atoms with Gasteiger partial charge in [-0.15, -0.1) is 0 Å². The molecule has 124 valence electrons. The molecule has 2 heterocycles. The van der Waals surface area contributed by atoms with E-state index in [1.807, 2.05) is 30.3 Å². The van der Waals surface area contributed by atoms with Gasteiger partial charge in [0.25, 0.3) is 5.91 Å². The van der Waals surface area contributed by atoms with Crippen LogP contribution in [0.5, 0.6) is 0 Å². The number of benzene rings is 1. The van der Waals surface area contributed by atoms with E-state index in [-0.39, 0.29) is 18.0 Å². The van der Waals surface area contributed by atoms with Gasteiger partial charge in [-0.05, 0) is 25.3 Å². The van der Waals surface area contributed by atoms with Crippen LogP contribution in [-0.2, 0) is 21.1 Å². The van der Waals surface area contributed by atoms with E-state index < -0.39 is 6.04 Å². The maximum Gasteiger partial charge on any atom is 0.345 e. The van der Waals surface area contributed by atoms with Crippen LogP contribution in [0.2, 0.25) is 0 Å². The van der Waals surface area contributed by atoms with Crippen molar-refractivity contribution in [3.8, 4) is 0 Å². The van der Waals surface area contributed by atoms with E-state index in [1.54, 1.807) is 11.8 Å². The highest BCUT2D eigenvalue weighted by molar-refractivity contribution is 5.87. The van der Waals surface area contributed by atoms with Crippen molar-refractivity contribution in [2.24, 2.45) is 0 Å². The molecule has 0 aliphatic carbocycles. The summed E-state index contributed by atoms with van der Waals surface area (Å²) in [6.45, 7) is 3.03. The van der Waals surface area contributed by atoms with E-state index in [0.29, 0.717) is 26.2 Å². The number of nitrogens with zero attached hydrogens (tertiary/aromatic N) is 2. The van der Waals surface area contributed by atoms with Crippen LogP contribution < -0.4 is 5.48 Å². The van der Waals surface area contributed by atoms with Crippen molar-refractivity contribution in [2.45, 2.75) is 38.5 Å². The minimum absolute atomic E-state index is 0.00218. The Morgan fingerprint density at radius 3 is 2.83 bits per heavy atom. The summed E-state index contributed by atoms with van der Waals surface area (Å²) in [5, 5.41) is 1.42. The Labute approximate surface area is 135 Å². The lowest BCUT2D eigenvalue weighted by atomic mass is 10.0. The number of carbonyl (C=O) groups excluding carboxylic acids is 2. The van der Waals surface area contributed by atoms with Crippen molar-refractivity contribution in [3.05, 3.63) is 35.9 Å². The van der Waals surface area contributed by atoms with Gasteiger partial charge < -0.3 is 4.90 Å². The van der Waals surface area contributed by atoms with Gasteiger partial charge in [-0.25, -0.2) is 10.3 Å². The largest absolute Gasteiger partial charge is 0.345 e. The number of hydrogen-bond donors (Lipinski definition) is 1. The van der Waals surface area contributed by atoms with Gasteiger partial charge >= 0.3 is 6.03 Å². The standard InChI is InChI=1S/C16H21N3O4/c1-2-22-17-15(20)14-9-8-13-10-18(14)16(21)19(13)23-11-12-6-4-3-5-7-12/h3-7,13-14H,2,8-11H2,1H3,(H,17,20)/t13-,14+/m1/s1. The summed E-state index contributed by atoms with van der Waals surface area (Å²) in [4.78, 5) is 36.8. The highest BCUT2D eigenvalue weighted by atomic mass is 16.7. The fourth-order valence-corrected chi connectivity index (χ4v) is 3.00. The summed E-state index contributed by atoms with van der Waals surface area (Å²) in [5.74, 6) is -0.274. The van der Waals surface area contributed by atoms with E-state index in [1.165, 1.54) is 5.06 Å². The van der Waals surface area contributed by atoms with E-state index in [4.69, 9.17) is 9.68 Å². The van der Waals surface area contributed by atoms with Gasteiger partial charge in [0, 0.05) is 6.54 Å². The zero-order chi connectivity index (χ0) is 16.2. The minimum atomic E-state index is -0.490. The summed E-state index contributed by atoms with van der Waals surface area (Å²) >= 11 is 0. The predicted octanol–water partition coefficient (Wildman–Crippen LogP) is 1.45. The molecule has 0 radical (unpaired) electrons. The zero-order valence-corrected chi connectivity index (χ0v) is 13.1. The van der Waals surface area contributed by atoms with Crippen LogP contribution in [0, 0.1) is 0 Å². The second kappa shape index (κ2) is 6.97. The molecule has 0 aromatic heterocycles. The van der Waals surface area contributed by atoms with Crippen LogP contribution in [0.4, 0.5) is 4.79 Å². The Hall–Kier alpha value is -2.12. The van der Waals surface area contributed by atoms with Crippen molar-refractivity contribution < 1.29 is 19.3 Å². The maximum absolute atomic E-state index is 12.5. The summed E-state index contributed by atoms with van der Waals surface area (Å²) in [6, 6.07) is 8.96. The van der Waals surface area contributed by atoms with E-state index in [9.17, 15) is 9.59 Å². The first kappa shape index (κ1) is 15.8. The Morgan fingerprint density at radius 2 is 2.09 bits per heavy atom. The number of amides is 3. The first-order valence-corrected chi connectivity index (χ1v) is 7.89. The fourth-order valence-electron chi connectivity index (χ4n) is 3.00. The molecule has 2 aliphatic heterocycles. The third-order valence-electron chi connectivity index (χ3n) is 4.16. The molecule has 1 aromatic carbocycles. The average Bonchev–Trinajstić information content (AvgIpc) is 2.83. The smallest absolute Gasteiger partial charge is 0.309 e. The Morgan fingerprint density at radius 1 is 1.30 bits per heavy atom. The number of nitrogens with one attached hydrogen (secondary N) is 1. The number of carbonyl (C=O) groups is 2. The highest BCUT2D eigenvalue weighted by Crippen LogP contribution is 2.30. The molecule has 0 spiro atoms. The van der Waals surface area contributed by atoms with E-state index in [0.717, 1.165) is 12.0 Å². The number of rotatable bonds is 6. The van der Waals surface area contributed by atoms with Crippen molar-refractivity contribution >= 4 is 11.9 Å². The SMILES string of the molecule is CCONC(=O)[C@@H]1CC[C@@H]2CN1C(=O)N2OCc1ccccc1. The lowest BCUT2D eigenvalue weighted by molar-refractivity contribution is -0.141. The molecule has 2 bridgehead atoms. The van der Waals surface area contributed by atoms with Gasteiger partial charge in [0.1, 0.15) is 12.6 Å². The molecule has 2 saturated heterocycles. The maximum atomic E-state index is 12.5. The van der Waals surface area contributed by atoms with Gasteiger partial charge in [-0.3, -0.25) is 14.5 Å². The molecule has 1 N–H and O–H groups in total. The number of fused-ring (bicyclic) bond motifs is 2. The quantitative estimate of drug-likeness (QED) is 0.806. The average molecular weight is 319 g/mol. The molecular weight excluding hydrogens is 298 g/mol. The Kier molecular flexibility index (Phi) is 4.78. The Bertz CT molecular complexity index is 566. The number of hydroxylamine groups is 3. The van der Waals surface area contributed by atoms with Crippen molar-refractivity contribution in [1.29, 1.82) is 0 Å².